The summed E-state index contributed by atoms with van der Waals surface area (Å²) in [6.07, 6.45) is 0. The Morgan fingerprint density at radius 1 is 0.488 bits per heavy atom. The number of hydrogen-bond donors (Lipinski definition) is 3. The number of hydrogen-bond acceptors (Lipinski definition) is 2. The van der Waals surface area contributed by atoms with Crippen LogP contribution < -0.4 is 5.32 Å². The first-order valence-corrected chi connectivity index (χ1v) is 14.5. The van der Waals surface area contributed by atoms with Gasteiger partial charge in [0.1, 0.15) is 11.7 Å². The summed E-state index contributed by atoms with van der Waals surface area (Å²) < 4.78 is 2.00. The third-order valence-corrected chi connectivity index (χ3v) is 7.81. The summed E-state index contributed by atoms with van der Waals surface area (Å²) in [5.74, 6) is 1.32. The third-order valence-electron chi connectivity index (χ3n) is 6.76. The van der Waals surface area contributed by atoms with Crippen molar-refractivity contribution in [1.29, 1.82) is 10.8 Å². The molecule has 1 heterocycles. The number of benzene rings is 5. The minimum absolute atomic E-state index is 0.139. The Morgan fingerprint density at radius 2 is 0.854 bits per heavy atom. The molecule has 5 aromatic carbocycles. The van der Waals surface area contributed by atoms with Gasteiger partial charge in [0.15, 0.2) is 11.7 Å². The van der Waals surface area contributed by atoms with Crippen LogP contribution in [0.1, 0.15) is 22.3 Å². The van der Waals surface area contributed by atoms with Gasteiger partial charge >= 0.3 is 0 Å². The van der Waals surface area contributed by atoms with Crippen LogP contribution in [-0.2, 0) is 0 Å². The van der Waals surface area contributed by atoms with Gasteiger partial charge in [0, 0.05) is 31.2 Å². The Hall–Kier alpha value is -4.46. The van der Waals surface area contributed by atoms with Gasteiger partial charge < -0.3 is 5.32 Å². The fourth-order valence-electron chi connectivity index (χ4n) is 4.70. The molecule has 0 fully saturated rings. The molecule has 0 unspecified atom stereocenters. The van der Waals surface area contributed by atoms with Crippen molar-refractivity contribution in [3.05, 3.63) is 153 Å². The molecule has 6 rings (SSSR count). The van der Waals surface area contributed by atoms with Crippen LogP contribution in [0.25, 0.3) is 22.3 Å². The van der Waals surface area contributed by atoms with E-state index in [0.29, 0.717) is 22.8 Å². The van der Waals surface area contributed by atoms with Crippen molar-refractivity contribution in [3.63, 3.8) is 0 Å². The van der Waals surface area contributed by atoms with Crippen molar-refractivity contribution in [2.45, 2.75) is 0 Å². The highest BCUT2D eigenvalue weighted by atomic mass is 79.9. The number of halogens is 2. The van der Waals surface area contributed by atoms with Crippen LogP contribution in [0.4, 0.5) is 0 Å². The lowest BCUT2D eigenvalue weighted by Gasteiger charge is -2.14. The molecule has 41 heavy (non-hydrogen) atoms. The largest absolute Gasteiger partial charge is 0.324 e. The van der Waals surface area contributed by atoms with Crippen molar-refractivity contribution < 1.29 is 0 Å². The number of nitrogens with one attached hydrogen (secondary N) is 3. The Bertz CT molecular complexity index is 1690. The zero-order valence-electron chi connectivity index (χ0n) is 21.7. The molecular weight excluding hydrogens is 638 g/mol. The van der Waals surface area contributed by atoms with Gasteiger partial charge in [0.25, 0.3) is 0 Å². The SMILES string of the molecule is N=C(N=C1NC(=NC(=N)c2ccccc2)c2cc(-c3ccc(Br)cc3)c(-c3ccc(Br)cc3)cc21)c1ccccc1. The first-order chi connectivity index (χ1) is 20.0. The topological polar surface area (TPSA) is 84.5 Å². The van der Waals surface area contributed by atoms with Crippen molar-refractivity contribution in [2.75, 3.05) is 0 Å². The van der Waals surface area contributed by atoms with E-state index in [1.165, 1.54) is 0 Å². The molecule has 0 saturated carbocycles. The van der Waals surface area contributed by atoms with Gasteiger partial charge in [-0.1, -0.05) is 117 Å². The molecule has 0 saturated heterocycles. The van der Waals surface area contributed by atoms with Crippen LogP contribution in [0, 0.1) is 10.8 Å². The summed E-state index contributed by atoms with van der Waals surface area (Å²) in [4.78, 5) is 9.41. The van der Waals surface area contributed by atoms with E-state index in [9.17, 15) is 0 Å². The lowest BCUT2D eigenvalue weighted by Crippen LogP contribution is -2.24. The molecule has 0 bridgehead atoms. The Balaban J connectivity index is 1.56. The number of fused-ring (bicyclic) bond motifs is 1. The second kappa shape index (κ2) is 11.6. The van der Waals surface area contributed by atoms with Crippen LogP contribution >= 0.6 is 31.9 Å². The minimum Gasteiger partial charge on any atom is -0.324 e. The Labute approximate surface area is 255 Å². The third kappa shape index (κ3) is 5.73. The van der Waals surface area contributed by atoms with Crippen molar-refractivity contribution in [2.24, 2.45) is 9.98 Å². The average molecular weight is 661 g/mol. The number of aliphatic imine (C=N–C) groups is 2. The number of amidine groups is 4. The second-order valence-corrected chi connectivity index (χ2v) is 11.3. The van der Waals surface area contributed by atoms with Crippen LogP contribution in [-0.4, -0.2) is 23.3 Å². The van der Waals surface area contributed by atoms with Crippen molar-refractivity contribution in [3.8, 4) is 22.3 Å². The lowest BCUT2D eigenvalue weighted by molar-refractivity contribution is 1.33. The minimum atomic E-state index is 0.139. The summed E-state index contributed by atoms with van der Waals surface area (Å²) in [5, 5.41) is 20.7. The maximum Gasteiger partial charge on any atom is 0.154 e. The molecule has 5 nitrogen and oxygen atoms in total. The van der Waals surface area contributed by atoms with E-state index in [2.05, 4.69) is 73.6 Å². The van der Waals surface area contributed by atoms with Crippen LogP contribution in [0.3, 0.4) is 0 Å². The summed E-state index contributed by atoms with van der Waals surface area (Å²) >= 11 is 7.11. The van der Waals surface area contributed by atoms with E-state index in [1.807, 2.05) is 84.9 Å². The fraction of sp³-hybridized carbons (Fsp3) is 0. The molecule has 0 spiro atoms. The maximum atomic E-state index is 8.70. The van der Waals surface area contributed by atoms with Gasteiger partial charge in [-0.05, 0) is 58.7 Å². The molecular formula is C34H23Br2N5. The maximum absolute atomic E-state index is 8.70. The van der Waals surface area contributed by atoms with Gasteiger partial charge in [-0.3, -0.25) is 10.8 Å². The predicted octanol–water partition coefficient (Wildman–Crippen LogP) is 8.69. The van der Waals surface area contributed by atoms with Gasteiger partial charge in [-0.25, -0.2) is 9.98 Å². The second-order valence-electron chi connectivity index (χ2n) is 9.43. The monoisotopic (exact) mass is 659 g/mol. The van der Waals surface area contributed by atoms with E-state index >= 15 is 0 Å². The van der Waals surface area contributed by atoms with Gasteiger partial charge in [0.05, 0.1) is 0 Å². The van der Waals surface area contributed by atoms with Crippen molar-refractivity contribution in [1.82, 2.24) is 5.32 Å². The summed E-state index contributed by atoms with van der Waals surface area (Å²) in [7, 11) is 0. The fourth-order valence-corrected chi connectivity index (χ4v) is 5.22. The molecule has 0 radical (unpaired) electrons. The summed E-state index contributed by atoms with van der Waals surface area (Å²) in [6.45, 7) is 0. The van der Waals surface area contributed by atoms with Gasteiger partial charge in [-0.15, -0.1) is 0 Å². The van der Waals surface area contributed by atoms with E-state index in [-0.39, 0.29) is 11.7 Å². The molecule has 7 heteroatoms. The zero-order valence-corrected chi connectivity index (χ0v) is 24.9. The summed E-state index contributed by atoms with van der Waals surface area (Å²) in [5.41, 5.74) is 7.23. The smallest absolute Gasteiger partial charge is 0.154 e. The highest BCUT2D eigenvalue weighted by Crippen LogP contribution is 2.37. The quantitative estimate of drug-likeness (QED) is 0.131. The Kier molecular flexibility index (Phi) is 7.55. The van der Waals surface area contributed by atoms with Crippen molar-refractivity contribution >= 4 is 55.2 Å². The number of nitrogens with zero attached hydrogens (tertiary/aromatic N) is 2. The van der Waals surface area contributed by atoms with Crippen LogP contribution in [0.15, 0.2) is 140 Å². The zero-order chi connectivity index (χ0) is 28.3. The summed E-state index contributed by atoms with van der Waals surface area (Å²) in [6, 6.07) is 39.5. The standard InChI is InChI=1S/C34H23Br2N5/c35-25-15-11-21(12-16-25)27-19-29-30(20-28(27)22-13-17-26(36)18-14-22)34(40-32(38)24-9-5-2-6-10-24)41-33(29)39-31(37)23-7-3-1-4-8-23/h1-20H,(H3,37,38,39,40,41). The van der Waals surface area contributed by atoms with Crippen LogP contribution in [0.5, 0.6) is 0 Å². The first kappa shape index (κ1) is 26.7. The van der Waals surface area contributed by atoms with E-state index in [4.69, 9.17) is 20.8 Å². The van der Waals surface area contributed by atoms with Gasteiger partial charge in [-0.2, -0.15) is 0 Å². The lowest BCUT2D eigenvalue weighted by atomic mass is 9.90. The number of rotatable bonds is 4. The molecule has 0 aliphatic carbocycles. The molecule has 1 aliphatic heterocycles. The molecule has 0 aromatic heterocycles. The highest BCUT2D eigenvalue weighted by molar-refractivity contribution is 9.10. The van der Waals surface area contributed by atoms with E-state index < -0.39 is 0 Å². The van der Waals surface area contributed by atoms with Crippen LogP contribution in [0.2, 0.25) is 0 Å². The van der Waals surface area contributed by atoms with E-state index in [0.717, 1.165) is 42.3 Å². The normalized spacial score (nSPS) is 14.1. The predicted molar refractivity (Wildman–Crippen MR) is 175 cm³/mol. The molecule has 198 valence electrons. The molecule has 3 N–H and O–H groups in total. The average Bonchev–Trinajstić information content (AvgIpc) is 3.33. The van der Waals surface area contributed by atoms with E-state index in [1.54, 1.807) is 0 Å². The molecule has 5 aromatic rings. The Morgan fingerprint density at radius 3 is 1.22 bits per heavy atom. The molecule has 1 aliphatic rings. The molecule has 0 atom stereocenters. The molecule has 0 amide bonds. The first-order valence-electron chi connectivity index (χ1n) is 12.9. The highest BCUT2D eigenvalue weighted by Gasteiger charge is 2.27. The van der Waals surface area contributed by atoms with Gasteiger partial charge in [0.2, 0.25) is 0 Å².